The van der Waals surface area contributed by atoms with Crippen LogP contribution in [0.15, 0.2) is 267 Å². The van der Waals surface area contributed by atoms with E-state index in [1.54, 1.807) is 0 Å². The third-order valence-electron chi connectivity index (χ3n) is 14.6. The monoisotopic (exact) mass is 938 g/mol. The van der Waals surface area contributed by atoms with E-state index in [1.807, 2.05) is 11.3 Å². The summed E-state index contributed by atoms with van der Waals surface area (Å²) in [6.07, 6.45) is 0. The first-order valence-electron chi connectivity index (χ1n) is 24.8. The van der Waals surface area contributed by atoms with Crippen molar-refractivity contribution in [1.82, 2.24) is 0 Å². The second-order valence-electron chi connectivity index (χ2n) is 19.3. The van der Waals surface area contributed by atoms with Gasteiger partial charge in [0, 0.05) is 59.6 Å². The van der Waals surface area contributed by atoms with Gasteiger partial charge in [-0.05, 0) is 140 Å². The minimum Gasteiger partial charge on any atom is -0.310 e. The van der Waals surface area contributed by atoms with Crippen molar-refractivity contribution in [1.29, 1.82) is 0 Å². The molecule has 11 aromatic carbocycles. The molecule has 0 spiro atoms. The molecule has 0 radical (unpaired) electrons. The van der Waals surface area contributed by atoms with Crippen LogP contribution in [-0.4, -0.2) is 0 Å². The Morgan fingerprint density at radius 2 is 0.736 bits per heavy atom. The van der Waals surface area contributed by atoms with Crippen molar-refractivity contribution in [3.05, 3.63) is 278 Å². The van der Waals surface area contributed by atoms with Gasteiger partial charge in [-0.2, -0.15) is 0 Å². The molecule has 342 valence electrons. The predicted molar refractivity (Wildman–Crippen MR) is 308 cm³/mol. The molecular weight excluding hydrogens is 889 g/mol. The Hall–Kier alpha value is -8.76. The average Bonchev–Trinajstić information content (AvgIpc) is 3.94. The first kappa shape index (κ1) is 43.3. The lowest BCUT2D eigenvalue weighted by molar-refractivity contribution is 0.661. The van der Waals surface area contributed by atoms with Gasteiger partial charge in [-0.25, -0.2) is 0 Å². The van der Waals surface area contributed by atoms with Gasteiger partial charge < -0.3 is 9.80 Å². The van der Waals surface area contributed by atoms with Gasteiger partial charge in [0.1, 0.15) is 0 Å². The summed E-state index contributed by atoms with van der Waals surface area (Å²) in [7, 11) is 0. The van der Waals surface area contributed by atoms with Crippen LogP contribution >= 0.6 is 11.3 Å². The smallest absolute Gasteiger partial charge is 0.0558 e. The SMILES string of the molecule is CC1(C)c2ccccc2-c2c1cc(N(c1ccccc1)c1cc(-c3ccccc3)cc(-c3ccccc3)c1)c1c2sc2cc(N(c3ccccc3)c3cc(-c4ccccc4)cc(-c4ccccc4)c3)ccc21. The standard InChI is InChI=1S/C69H50N2S/c1-69(2)62-36-22-21-35-60(62)66-63(69)46-64(71(56-33-19-8-20-34-56)59-43-53(49-27-13-5-14-28-49)40-54(44-59)50-29-15-6-16-30-50)67-61-38-37-57(45-65(61)72-68(66)67)70(55-31-17-7-18-32-55)58-41-51(47-23-9-3-10-24-47)39-52(42-58)48-25-11-4-12-26-48/h3-46H,1-2H3. The highest BCUT2D eigenvalue weighted by molar-refractivity contribution is 7.26. The van der Waals surface area contributed by atoms with Crippen LogP contribution in [0.4, 0.5) is 34.1 Å². The van der Waals surface area contributed by atoms with Gasteiger partial charge in [0.05, 0.1) is 5.69 Å². The highest BCUT2D eigenvalue weighted by atomic mass is 32.1. The van der Waals surface area contributed by atoms with Crippen LogP contribution in [0.1, 0.15) is 25.0 Å². The fraction of sp³-hybridized carbons (Fsp3) is 0.0435. The van der Waals surface area contributed by atoms with E-state index in [1.165, 1.54) is 92.6 Å². The minimum absolute atomic E-state index is 0.232. The molecule has 13 rings (SSSR count). The number of hydrogen-bond donors (Lipinski definition) is 0. The van der Waals surface area contributed by atoms with Gasteiger partial charge in [0.15, 0.2) is 0 Å². The van der Waals surface area contributed by atoms with E-state index >= 15 is 0 Å². The van der Waals surface area contributed by atoms with E-state index in [2.05, 4.69) is 291 Å². The van der Waals surface area contributed by atoms with E-state index in [-0.39, 0.29) is 5.41 Å². The summed E-state index contributed by atoms with van der Waals surface area (Å²) in [5.41, 5.74) is 21.2. The molecule has 1 aliphatic rings. The van der Waals surface area contributed by atoms with E-state index in [4.69, 9.17) is 0 Å². The van der Waals surface area contributed by atoms with E-state index in [0.717, 1.165) is 28.4 Å². The Morgan fingerprint density at radius 3 is 1.22 bits per heavy atom. The third-order valence-corrected chi connectivity index (χ3v) is 15.7. The van der Waals surface area contributed by atoms with Crippen molar-refractivity contribution in [3.63, 3.8) is 0 Å². The van der Waals surface area contributed by atoms with Crippen molar-refractivity contribution in [2.24, 2.45) is 0 Å². The molecule has 0 fully saturated rings. The number of fused-ring (bicyclic) bond motifs is 7. The maximum absolute atomic E-state index is 2.53. The highest BCUT2D eigenvalue weighted by Gasteiger charge is 2.39. The summed E-state index contributed by atoms with van der Waals surface area (Å²) in [5.74, 6) is 0. The Balaban J connectivity index is 1.08. The van der Waals surface area contributed by atoms with Gasteiger partial charge >= 0.3 is 0 Å². The van der Waals surface area contributed by atoms with Crippen molar-refractivity contribution >= 4 is 65.6 Å². The molecule has 0 aliphatic heterocycles. The Bertz CT molecular complexity index is 3810. The van der Waals surface area contributed by atoms with Gasteiger partial charge in [-0.3, -0.25) is 0 Å². The normalized spacial score (nSPS) is 12.4. The molecule has 0 N–H and O–H groups in total. The Labute approximate surface area is 426 Å². The highest BCUT2D eigenvalue weighted by Crippen LogP contribution is 2.58. The maximum atomic E-state index is 2.53. The zero-order valence-corrected chi connectivity index (χ0v) is 41.0. The summed E-state index contributed by atoms with van der Waals surface area (Å²) < 4.78 is 2.54. The average molecular weight is 939 g/mol. The van der Waals surface area contributed by atoms with Crippen LogP contribution in [-0.2, 0) is 5.41 Å². The van der Waals surface area contributed by atoms with Crippen LogP contribution < -0.4 is 9.80 Å². The largest absolute Gasteiger partial charge is 0.310 e. The second-order valence-corrected chi connectivity index (χ2v) is 20.4. The number of benzene rings is 11. The molecule has 1 heterocycles. The zero-order valence-electron chi connectivity index (χ0n) is 40.2. The lowest BCUT2D eigenvalue weighted by Gasteiger charge is -2.30. The molecule has 1 aliphatic carbocycles. The summed E-state index contributed by atoms with van der Waals surface area (Å²) >= 11 is 1.92. The Kier molecular flexibility index (Phi) is 10.7. The fourth-order valence-electron chi connectivity index (χ4n) is 11.1. The van der Waals surface area contributed by atoms with Crippen LogP contribution in [0.3, 0.4) is 0 Å². The molecule has 12 aromatic rings. The summed E-state index contributed by atoms with van der Waals surface area (Å²) in [6.45, 7) is 4.81. The number of thiophene rings is 1. The van der Waals surface area contributed by atoms with Crippen molar-refractivity contribution < 1.29 is 0 Å². The summed E-state index contributed by atoms with van der Waals surface area (Å²) in [6, 6.07) is 97.8. The maximum Gasteiger partial charge on any atom is 0.0558 e. The number of anilines is 6. The van der Waals surface area contributed by atoms with Crippen LogP contribution in [0.5, 0.6) is 0 Å². The minimum atomic E-state index is -0.232. The molecule has 0 bridgehead atoms. The lowest BCUT2D eigenvalue weighted by Crippen LogP contribution is -2.17. The van der Waals surface area contributed by atoms with Crippen LogP contribution in [0.25, 0.3) is 75.8 Å². The van der Waals surface area contributed by atoms with Crippen LogP contribution in [0, 0.1) is 0 Å². The number of hydrogen-bond acceptors (Lipinski definition) is 3. The molecular formula is C69H50N2S. The molecule has 0 saturated heterocycles. The van der Waals surface area contributed by atoms with Crippen molar-refractivity contribution in [2.45, 2.75) is 19.3 Å². The first-order valence-corrected chi connectivity index (χ1v) is 25.6. The summed E-state index contributed by atoms with van der Waals surface area (Å²) in [4.78, 5) is 4.96. The molecule has 2 nitrogen and oxygen atoms in total. The van der Waals surface area contributed by atoms with Crippen molar-refractivity contribution in [3.8, 4) is 55.6 Å². The molecule has 0 atom stereocenters. The first-order chi connectivity index (χ1) is 35.5. The van der Waals surface area contributed by atoms with E-state index in [0.29, 0.717) is 0 Å². The lowest BCUT2D eigenvalue weighted by atomic mass is 9.82. The second kappa shape index (κ2) is 17.9. The molecule has 72 heavy (non-hydrogen) atoms. The molecule has 1 aromatic heterocycles. The number of para-hydroxylation sites is 2. The number of nitrogens with zero attached hydrogens (tertiary/aromatic N) is 2. The van der Waals surface area contributed by atoms with Gasteiger partial charge in [-0.1, -0.05) is 202 Å². The van der Waals surface area contributed by atoms with Crippen molar-refractivity contribution in [2.75, 3.05) is 9.80 Å². The fourth-order valence-corrected chi connectivity index (χ4v) is 12.4. The van der Waals surface area contributed by atoms with E-state index < -0.39 is 0 Å². The Morgan fingerprint density at radius 1 is 0.319 bits per heavy atom. The number of rotatable bonds is 10. The summed E-state index contributed by atoms with van der Waals surface area (Å²) in [5, 5.41) is 2.49. The third kappa shape index (κ3) is 7.58. The zero-order chi connectivity index (χ0) is 48.2. The van der Waals surface area contributed by atoms with E-state index in [9.17, 15) is 0 Å². The van der Waals surface area contributed by atoms with Gasteiger partial charge in [-0.15, -0.1) is 11.3 Å². The van der Waals surface area contributed by atoms with Gasteiger partial charge in [0.25, 0.3) is 0 Å². The molecule has 0 unspecified atom stereocenters. The molecule has 0 saturated carbocycles. The topological polar surface area (TPSA) is 6.48 Å². The van der Waals surface area contributed by atoms with Crippen LogP contribution in [0.2, 0.25) is 0 Å². The molecule has 3 heteroatoms. The quantitative estimate of drug-likeness (QED) is 0.135. The van der Waals surface area contributed by atoms with Gasteiger partial charge in [0.2, 0.25) is 0 Å². The predicted octanol–water partition coefficient (Wildman–Crippen LogP) is 20.0. The molecule has 0 amide bonds.